The molecule has 3 heteroatoms. The van der Waals surface area contributed by atoms with Crippen molar-refractivity contribution in [3.63, 3.8) is 0 Å². The van der Waals surface area contributed by atoms with Crippen molar-refractivity contribution in [2.45, 2.75) is 26.3 Å². The van der Waals surface area contributed by atoms with Crippen molar-refractivity contribution in [3.8, 4) is 0 Å². The fraction of sp³-hybridized carbons (Fsp3) is 0.500. The molecule has 1 aromatic rings. The van der Waals surface area contributed by atoms with Crippen molar-refractivity contribution < 1.29 is 0 Å². The van der Waals surface area contributed by atoms with Gasteiger partial charge in [-0.3, -0.25) is 0 Å². The Labute approximate surface area is 96.2 Å². The number of nitrogens with one attached hydrogen (secondary N) is 1. The number of hydrogen-bond donors (Lipinski definition) is 1. The van der Waals surface area contributed by atoms with Gasteiger partial charge in [0.15, 0.2) is 0 Å². The molecule has 15 heavy (non-hydrogen) atoms. The van der Waals surface area contributed by atoms with E-state index >= 15 is 0 Å². The lowest BCUT2D eigenvalue weighted by molar-refractivity contribution is 0.661. The summed E-state index contributed by atoms with van der Waals surface area (Å²) in [5.41, 5.74) is 3.61. The number of halogens is 1. The summed E-state index contributed by atoms with van der Waals surface area (Å²) in [5, 5.41) is 4.39. The van der Waals surface area contributed by atoms with E-state index in [1.54, 1.807) is 0 Å². The lowest BCUT2D eigenvalue weighted by Gasteiger charge is -2.35. The van der Waals surface area contributed by atoms with E-state index in [1.807, 2.05) is 6.07 Å². The highest BCUT2D eigenvalue weighted by atomic mass is 35.5. The molecule has 1 aromatic carbocycles. The van der Waals surface area contributed by atoms with E-state index in [-0.39, 0.29) is 0 Å². The van der Waals surface area contributed by atoms with E-state index in [9.17, 15) is 0 Å². The molecule has 1 aliphatic heterocycles. The summed E-state index contributed by atoms with van der Waals surface area (Å²) >= 11 is 6.13. The Morgan fingerprint density at radius 2 is 2.27 bits per heavy atom. The van der Waals surface area contributed by atoms with Crippen molar-refractivity contribution in [2.75, 3.05) is 23.8 Å². The minimum Gasteiger partial charge on any atom is -0.379 e. The van der Waals surface area contributed by atoms with Crippen molar-refractivity contribution in [1.82, 2.24) is 0 Å². The Morgan fingerprint density at radius 3 is 2.93 bits per heavy atom. The zero-order valence-corrected chi connectivity index (χ0v) is 10.2. The van der Waals surface area contributed by atoms with Crippen molar-refractivity contribution in [1.29, 1.82) is 0 Å². The summed E-state index contributed by atoms with van der Waals surface area (Å²) in [5.74, 6) is 0. The fourth-order valence-corrected chi connectivity index (χ4v) is 2.36. The Balaban J connectivity index is 2.45. The van der Waals surface area contributed by atoms with Gasteiger partial charge in [-0.1, -0.05) is 18.5 Å². The van der Waals surface area contributed by atoms with Crippen LogP contribution in [0, 0.1) is 6.92 Å². The van der Waals surface area contributed by atoms with Crippen LogP contribution in [-0.4, -0.2) is 19.6 Å². The Hall–Kier alpha value is -0.890. The summed E-state index contributed by atoms with van der Waals surface area (Å²) in [4.78, 5) is 2.29. The second-order valence-corrected chi connectivity index (χ2v) is 4.61. The summed E-state index contributed by atoms with van der Waals surface area (Å²) < 4.78 is 0. The lowest BCUT2D eigenvalue weighted by Crippen LogP contribution is -2.39. The van der Waals surface area contributed by atoms with Gasteiger partial charge in [0.25, 0.3) is 0 Å². The van der Waals surface area contributed by atoms with Crippen LogP contribution in [0.1, 0.15) is 18.9 Å². The standard InChI is InChI=1S/C12H17ClN2/c1-4-9-7-15(3)12-8(2)10(13)5-6-11(12)14-9/h5-6,9,14H,4,7H2,1-3H3. The number of rotatable bonds is 1. The molecule has 0 saturated heterocycles. The molecule has 82 valence electrons. The quantitative estimate of drug-likeness (QED) is 0.788. The molecule has 0 saturated carbocycles. The van der Waals surface area contributed by atoms with Crippen LogP contribution in [0.15, 0.2) is 12.1 Å². The van der Waals surface area contributed by atoms with Crippen LogP contribution in [-0.2, 0) is 0 Å². The molecule has 0 radical (unpaired) electrons. The maximum absolute atomic E-state index is 6.13. The van der Waals surface area contributed by atoms with Gasteiger partial charge >= 0.3 is 0 Å². The highest BCUT2D eigenvalue weighted by Crippen LogP contribution is 2.37. The predicted molar refractivity (Wildman–Crippen MR) is 67.2 cm³/mol. The van der Waals surface area contributed by atoms with E-state index in [0.29, 0.717) is 6.04 Å². The third kappa shape index (κ3) is 1.78. The molecule has 2 rings (SSSR count). The number of anilines is 2. The molecule has 1 heterocycles. The van der Waals surface area contributed by atoms with Crippen LogP contribution in [0.25, 0.3) is 0 Å². The van der Waals surface area contributed by atoms with E-state index < -0.39 is 0 Å². The first-order valence-electron chi connectivity index (χ1n) is 5.40. The van der Waals surface area contributed by atoms with Gasteiger partial charge < -0.3 is 10.2 Å². The van der Waals surface area contributed by atoms with Crippen molar-refractivity contribution in [2.24, 2.45) is 0 Å². The third-order valence-corrected chi connectivity index (χ3v) is 3.50. The van der Waals surface area contributed by atoms with Crippen molar-refractivity contribution in [3.05, 3.63) is 22.7 Å². The largest absolute Gasteiger partial charge is 0.379 e. The van der Waals surface area contributed by atoms with Crippen LogP contribution in [0.5, 0.6) is 0 Å². The topological polar surface area (TPSA) is 15.3 Å². The van der Waals surface area contributed by atoms with Gasteiger partial charge in [0, 0.05) is 24.7 Å². The highest BCUT2D eigenvalue weighted by Gasteiger charge is 2.22. The normalized spacial score (nSPS) is 19.7. The molecular formula is C12H17ClN2. The minimum atomic E-state index is 0.545. The zero-order chi connectivity index (χ0) is 11.0. The number of hydrogen-bond acceptors (Lipinski definition) is 2. The molecule has 0 aliphatic carbocycles. The number of likely N-dealkylation sites (N-methyl/N-ethyl adjacent to an activating group) is 1. The summed E-state index contributed by atoms with van der Waals surface area (Å²) in [6.45, 7) is 5.33. The van der Waals surface area contributed by atoms with Gasteiger partial charge in [-0.05, 0) is 31.0 Å². The molecule has 0 bridgehead atoms. The second-order valence-electron chi connectivity index (χ2n) is 4.20. The van der Waals surface area contributed by atoms with Gasteiger partial charge in [0.2, 0.25) is 0 Å². The Kier molecular flexibility index (Phi) is 2.79. The summed E-state index contributed by atoms with van der Waals surface area (Å²) in [6, 6.07) is 4.58. The van der Waals surface area contributed by atoms with Gasteiger partial charge in [0.1, 0.15) is 0 Å². The molecule has 0 aromatic heterocycles. The SMILES string of the molecule is CCC1CN(C)c2c(ccc(Cl)c2C)N1. The van der Waals surface area contributed by atoms with Gasteiger partial charge in [-0.15, -0.1) is 0 Å². The zero-order valence-electron chi connectivity index (χ0n) is 9.47. The third-order valence-electron chi connectivity index (χ3n) is 3.09. The monoisotopic (exact) mass is 224 g/mol. The fourth-order valence-electron chi connectivity index (χ4n) is 2.20. The van der Waals surface area contributed by atoms with E-state index in [0.717, 1.165) is 18.0 Å². The molecule has 1 atom stereocenters. The molecular weight excluding hydrogens is 208 g/mol. The average Bonchev–Trinajstić information content (AvgIpc) is 2.23. The maximum atomic E-state index is 6.13. The van der Waals surface area contributed by atoms with E-state index in [1.165, 1.54) is 16.9 Å². The van der Waals surface area contributed by atoms with Crippen LogP contribution in [0.4, 0.5) is 11.4 Å². The molecule has 1 N–H and O–H groups in total. The molecule has 1 aliphatic rings. The molecule has 1 unspecified atom stereocenters. The maximum Gasteiger partial charge on any atom is 0.0644 e. The summed E-state index contributed by atoms with van der Waals surface area (Å²) in [7, 11) is 2.13. The summed E-state index contributed by atoms with van der Waals surface area (Å²) in [6.07, 6.45) is 1.14. The molecule has 0 amide bonds. The van der Waals surface area contributed by atoms with Crippen LogP contribution >= 0.6 is 11.6 Å². The van der Waals surface area contributed by atoms with E-state index in [4.69, 9.17) is 11.6 Å². The Morgan fingerprint density at radius 1 is 1.53 bits per heavy atom. The average molecular weight is 225 g/mol. The first kappa shape index (κ1) is 10.6. The highest BCUT2D eigenvalue weighted by molar-refractivity contribution is 6.32. The molecule has 2 nitrogen and oxygen atoms in total. The van der Waals surface area contributed by atoms with Crippen molar-refractivity contribution >= 4 is 23.0 Å². The van der Waals surface area contributed by atoms with Gasteiger partial charge in [-0.25, -0.2) is 0 Å². The second kappa shape index (κ2) is 3.93. The minimum absolute atomic E-state index is 0.545. The Bertz CT molecular complexity index is 376. The smallest absolute Gasteiger partial charge is 0.0644 e. The van der Waals surface area contributed by atoms with Gasteiger partial charge in [-0.2, -0.15) is 0 Å². The van der Waals surface area contributed by atoms with Gasteiger partial charge in [0.05, 0.1) is 11.4 Å². The first-order chi connectivity index (χ1) is 7.13. The van der Waals surface area contributed by atoms with Crippen LogP contribution in [0.3, 0.4) is 0 Å². The number of fused-ring (bicyclic) bond motifs is 1. The van der Waals surface area contributed by atoms with E-state index in [2.05, 4.69) is 37.2 Å². The predicted octanol–water partition coefficient (Wildman–Crippen LogP) is 3.29. The number of benzene rings is 1. The van der Waals surface area contributed by atoms with Crippen LogP contribution < -0.4 is 10.2 Å². The number of nitrogens with zero attached hydrogens (tertiary/aromatic N) is 1. The van der Waals surface area contributed by atoms with Crippen LogP contribution in [0.2, 0.25) is 5.02 Å². The molecule has 0 fully saturated rings. The molecule has 0 spiro atoms. The lowest BCUT2D eigenvalue weighted by atomic mass is 10.1. The first-order valence-corrected chi connectivity index (χ1v) is 5.78.